The van der Waals surface area contributed by atoms with Gasteiger partial charge in [-0.25, -0.2) is 0 Å². The molecule has 0 fully saturated rings. The summed E-state index contributed by atoms with van der Waals surface area (Å²) in [6.07, 6.45) is 1.66. The molecule has 1 unspecified atom stereocenters. The standard InChI is InChI=1S/C9H15N3O2/c1-7-4-5-11-12(7)6-9(2,10-3)8(13)14/h4-5,10H,6H2,1-3H3,(H,13,14). The summed E-state index contributed by atoms with van der Waals surface area (Å²) in [4.78, 5) is 11.0. The maximum atomic E-state index is 11.0. The van der Waals surface area contributed by atoms with E-state index in [9.17, 15) is 4.79 Å². The van der Waals surface area contributed by atoms with Crippen LogP contribution in [0.25, 0.3) is 0 Å². The van der Waals surface area contributed by atoms with E-state index >= 15 is 0 Å². The quantitative estimate of drug-likeness (QED) is 0.726. The van der Waals surface area contributed by atoms with E-state index in [-0.39, 0.29) is 0 Å². The van der Waals surface area contributed by atoms with Crippen molar-refractivity contribution in [3.63, 3.8) is 0 Å². The van der Waals surface area contributed by atoms with Crippen molar-refractivity contribution in [2.45, 2.75) is 25.9 Å². The van der Waals surface area contributed by atoms with Gasteiger partial charge < -0.3 is 10.4 Å². The molecule has 0 saturated carbocycles. The van der Waals surface area contributed by atoms with E-state index in [1.54, 1.807) is 24.9 Å². The highest BCUT2D eigenvalue weighted by molar-refractivity contribution is 5.78. The summed E-state index contributed by atoms with van der Waals surface area (Å²) in [7, 11) is 1.63. The Bertz CT molecular complexity index is 335. The lowest BCUT2D eigenvalue weighted by Gasteiger charge is -2.24. The van der Waals surface area contributed by atoms with Crippen LogP contribution in [0.3, 0.4) is 0 Å². The van der Waals surface area contributed by atoms with E-state index in [0.717, 1.165) is 5.69 Å². The lowest BCUT2D eigenvalue weighted by atomic mass is 10.0. The third kappa shape index (κ3) is 1.93. The maximum absolute atomic E-state index is 11.0. The Labute approximate surface area is 82.7 Å². The molecule has 1 aromatic heterocycles. The van der Waals surface area contributed by atoms with Crippen LogP contribution in [0.5, 0.6) is 0 Å². The highest BCUT2D eigenvalue weighted by Gasteiger charge is 2.32. The van der Waals surface area contributed by atoms with E-state index < -0.39 is 11.5 Å². The monoisotopic (exact) mass is 197 g/mol. The fourth-order valence-corrected chi connectivity index (χ4v) is 1.12. The number of hydrogen-bond donors (Lipinski definition) is 2. The fourth-order valence-electron chi connectivity index (χ4n) is 1.12. The highest BCUT2D eigenvalue weighted by Crippen LogP contribution is 2.08. The van der Waals surface area contributed by atoms with E-state index in [4.69, 9.17) is 5.11 Å². The summed E-state index contributed by atoms with van der Waals surface area (Å²) >= 11 is 0. The van der Waals surface area contributed by atoms with Crippen LogP contribution >= 0.6 is 0 Å². The maximum Gasteiger partial charge on any atom is 0.325 e. The number of carboxylic acids is 1. The van der Waals surface area contributed by atoms with Crippen LogP contribution in [0.2, 0.25) is 0 Å². The molecule has 1 aromatic rings. The molecule has 0 spiro atoms. The van der Waals surface area contributed by atoms with E-state index in [0.29, 0.717) is 6.54 Å². The Kier molecular flexibility index (Phi) is 2.90. The molecule has 0 amide bonds. The number of carbonyl (C=O) groups is 1. The van der Waals surface area contributed by atoms with Crippen molar-refractivity contribution in [3.8, 4) is 0 Å². The van der Waals surface area contributed by atoms with Crippen LogP contribution in [0.4, 0.5) is 0 Å². The van der Waals surface area contributed by atoms with Crippen molar-refractivity contribution in [3.05, 3.63) is 18.0 Å². The average Bonchev–Trinajstić information content (AvgIpc) is 2.51. The molecule has 0 aliphatic heterocycles. The normalized spacial score (nSPS) is 15.1. The van der Waals surface area contributed by atoms with Crippen molar-refractivity contribution in [2.75, 3.05) is 7.05 Å². The van der Waals surface area contributed by atoms with Crippen molar-refractivity contribution in [1.82, 2.24) is 15.1 Å². The van der Waals surface area contributed by atoms with Gasteiger partial charge in [0.25, 0.3) is 0 Å². The minimum absolute atomic E-state index is 0.317. The van der Waals surface area contributed by atoms with Gasteiger partial charge in [0.05, 0.1) is 6.54 Å². The van der Waals surface area contributed by atoms with E-state index in [1.807, 2.05) is 13.0 Å². The summed E-state index contributed by atoms with van der Waals surface area (Å²) in [6, 6.07) is 1.85. The van der Waals surface area contributed by atoms with E-state index in [2.05, 4.69) is 10.4 Å². The van der Waals surface area contributed by atoms with Crippen LogP contribution in [0.15, 0.2) is 12.3 Å². The molecule has 0 bridgehead atoms. The molecule has 0 aromatic carbocycles. The summed E-state index contributed by atoms with van der Waals surface area (Å²) in [5.41, 5.74) is -0.0238. The van der Waals surface area contributed by atoms with Crippen LogP contribution in [-0.4, -0.2) is 33.4 Å². The van der Waals surface area contributed by atoms with Crippen LogP contribution in [0, 0.1) is 6.92 Å². The zero-order valence-corrected chi connectivity index (χ0v) is 8.61. The Morgan fingerprint density at radius 2 is 2.43 bits per heavy atom. The molecule has 78 valence electrons. The number of aliphatic carboxylic acids is 1. The van der Waals surface area contributed by atoms with Gasteiger partial charge in [0, 0.05) is 11.9 Å². The molecule has 2 N–H and O–H groups in total. The van der Waals surface area contributed by atoms with Crippen molar-refractivity contribution in [2.24, 2.45) is 0 Å². The van der Waals surface area contributed by atoms with Gasteiger partial charge in [-0.2, -0.15) is 5.10 Å². The number of rotatable bonds is 4. The predicted octanol–water partition coefficient (Wildman–Crippen LogP) is 0.254. The fraction of sp³-hybridized carbons (Fsp3) is 0.556. The Hall–Kier alpha value is -1.36. The van der Waals surface area contributed by atoms with Crippen LogP contribution in [-0.2, 0) is 11.3 Å². The Morgan fingerprint density at radius 1 is 1.79 bits per heavy atom. The minimum Gasteiger partial charge on any atom is -0.480 e. The average molecular weight is 197 g/mol. The zero-order chi connectivity index (χ0) is 10.8. The van der Waals surface area contributed by atoms with Crippen molar-refractivity contribution >= 4 is 5.97 Å². The molecule has 0 radical (unpaired) electrons. The van der Waals surface area contributed by atoms with Gasteiger partial charge in [-0.05, 0) is 27.0 Å². The topological polar surface area (TPSA) is 67.2 Å². The van der Waals surface area contributed by atoms with Gasteiger partial charge in [0.1, 0.15) is 5.54 Å². The lowest BCUT2D eigenvalue weighted by Crippen LogP contribution is -2.51. The highest BCUT2D eigenvalue weighted by atomic mass is 16.4. The van der Waals surface area contributed by atoms with Crippen LogP contribution < -0.4 is 5.32 Å². The number of aryl methyl sites for hydroxylation is 1. The largest absolute Gasteiger partial charge is 0.480 e. The second-order valence-corrected chi connectivity index (χ2v) is 3.52. The molecule has 0 aliphatic carbocycles. The number of nitrogens with zero attached hydrogens (tertiary/aromatic N) is 2. The summed E-state index contributed by atoms with van der Waals surface area (Å²) in [5, 5.41) is 15.8. The van der Waals surface area contributed by atoms with E-state index in [1.165, 1.54) is 0 Å². The van der Waals surface area contributed by atoms with Gasteiger partial charge in [0.15, 0.2) is 0 Å². The molecule has 1 atom stereocenters. The first-order valence-electron chi connectivity index (χ1n) is 4.40. The molecule has 1 rings (SSSR count). The van der Waals surface area contributed by atoms with Crippen LogP contribution in [0.1, 0.15) is 12.6 Å². The molecule has 1 heterocycles. The van der Waals surface area contributed by atoms with Gasteiger partial charge in [-0.1, -0.05) is 0 Å². The lowest BCUT2D eigenvalue weighted by molar-refractivity contribution is -0.144. The molecule has 0 saturated heterocycles. The van der Waals surface area contributed by atoms with Gasteiger partial charge in [-0.3, -0.25) is 9.48 Å². The summed E-state index contributed by atoms with van der Waals surface area (Å²) in [6.45, 7) is 3.85. The molecule has 14 heavy (non-hydrogen) atoms. The number of nitrogens with one attached hydrogen (secondary N) is 1. The first kappa shape index (κ1) is 10.7. The van der Waals surface area contributed by atoms with Crippen molar-refractivity contribution < 1.29 is 9.90 Å². The van der Waals surface area contributed by atoms with Gasteiger partial charge >= 0.3 is 5.97 Å². The smallest absolute Gasteiger partial charge is 0.325 e. The second kappa shape index (κ2) is 3.79. The number of likely N-dealkylation sites (N-methyl/N-ethyl adjacent to an activating group) is 1. The number of hydrogen-bond acceptors (Lipinski definition) is 3. The molecular formula is C9H15N3O2. The summed E-state index contributed by atoms with van der Waals surface area (Å²) < 4.78 is 1.67. The van der Waals surface area contributed by atoms with Gasteiger partial charge in [0.2, 0.25) is 0 Å². The third-order valence-electron chi connectivity index (χ3n) is 2.42. The Balaban J connectivity index is 2.86. The first-order valence-corrected chi connectivity index (χ1v) is 4.40. The molecule has 5 heteroatoms. The molecular weight excluding hydrogens is 182 g/mol. The third-order valence-corrected chi connectivity index (χ3v) is 2.42. The summed E-state index contributed by atoms with van der Waals surface area (Å²) in [5.74, 6) is -0.880. The predicted molar refractivity (Wildman–Crippen MR) is 52.1 cm³/mol. The SMILES string of the molecule is CNC(C)(Cn1nccc1C)C(=O)O. The second-order valence-electron chi connectivity index (χ2n) is 3.52. The Morgan fingerprint density at radius 3 is 2.79 bits per heavy atom. The molecule has 5 nitrogen and oxygen atoms in total. The van der Waals surface area contributed by atoms with Gasteiger partial charge in [-0.15, -0.1) is 0 Å². The van der Waals surface area contributed by atoms with Crippen molar-refractivity contribution in [1.29, 1.82) is 0 Å². The minimum atomic E-state index is -0.975. The number of carboxylic acid groups (broad SMARTS) is 1. The number of aromatic nitrogens is 2. The molecule has 0 aliphatic rings. The zero-order valence-electron chi connectivity index (χ0n) is 8.61. The first-order chi connectivity index (χ1) is 6.49.